The normalized spacial score (nSPS) is 11.3. The summed E-state index contributed by atoms with van der Waals surface area (Å²) in [5.41, 5.74) is 1.18. The first kappa shape index (κ1) is 16.9. The fourth-order valence-electron chi connectivity index (χ4n) is 1.83. The van der Waals surface area contributed by atoms with Crippen LogP contribution in [0.2, 0.25) is 0 Å². The van der Waals surface area contributed by atoms with Gasteiger partial charge in [-0.3, -0.25) is 9.63 Å². The van der Waals surface area contributed by atoms with Crippen molar-refractivity contribution in [3.8, 4) is 0 Å². The Labute approximate surface area is 121 Å². The number of amides is 1. The number of hydrogen-bond acceptors (Lipinski definition) is 3. The van der Waals surface area contributed by atoms with Crippen molar-refractivity contribution in [2.24, 2.45) is 0 Å². The van der Waals surface area contributed by atoms with Gasteiger partial charge in [-0.05, 0) is 31.7 Å². The molecule has 0 heterocycles. The van der Waals surface area contributed by atoms with Gasteiger partial charge in [0.1, 0.15) is 0 Å². The topological polar surface area (TPSA) is 46.6 Å². The highest BCUT2D eigenvalue weighted by Crippen LogP contribution is 2.36. The molecule has 0 aliphatic rings. The average molecular weight is 297 g/mol. The molecule has 0 N–H and O–H groups in total. The van der Waals surface area contributed by atoms with Crippen molar-refractivity contribution in [3.05, 3.63) is 35.9 Å². The molecule has 1 aromatic rings. The SMILES string of the molecule is CC(=O)N(CCCP(C)(C)=O)OCCc1ccccc1. The maximum absolute atomic E-state index is 11.6. The molecule has 0 saturated carbocycles. The molecule has 0 aliphatic heterocycles. The molecule has 1 aromatic carbocycles. The third kappa shape index (κ3) is 7.46. The van der Waals surface area contributed by atoms with Gasteiger partial charge in [0, 0.05) is 19.6 Å². The van der Waals surface area contributed by atoms with Crippen LogP contribution in [-0.2, 0) is 20.6 Å². The van der Waals surface area contributed by atoms with Crippen LogP contribution in [0.5, 0.6) is 0 Å². The second-order valence-corrected chi connectivity index (χ2v) is 8.94. The third-order valence-corrected chi connectivity index (χ3v) is 4.28. The van der Waals surface area contributed by atoms with Crippen LogP contribution < -0.4 is 0 Å². The summed E-state index contributed by atoms with van der Waals surface area (Å²) in [4.78, 5) is 17.0. The minimum Gasteiger partial charge on any atom is -0.324 e. The summed E-state index contributed by atoms with van der Waals surface area (Å²) < 4.78 is 11.6. The lowest BCUT2D eigenvalue weighted by molar-refractivity contribution is -0.183. The van der Waals surface area contributed by atoms with E-state index in [0.717, 1.165) is 6.42 Å². The molecule has 4 nitrogen and oxygen atoms in total. The van der Waals surface area contributed by atoms with Crippen molar-refractivity contribution in [3.63, 3.8) is 0 Å². The first-order valence-corrected chi connectivity index (χ1v) is 9.66. The highest BCUT2D eigenvalue weighted by Gasteiger charge is 2.12. The number of nitrogens with zero attached hydrogens (tertiary/aromatic N) is 1. The summed E-state index contributed by atoms with van der Waals surface area (Å²) in [5.74, 6) is -0.111. The quantitative estimate of drug-likeness (QED) is 0.547. The van der Waals surface area contributed by atoms with Crippen LogP contribution in [0.3, 0.4) is 0 Å². The van der Waals surface area contributed by atoms with E-state index in [9.17, 15) is 9.36 Å². The maximum Gasteiger partial charge on any atom is 0.242 e. The van der Waals surface area contributed by atoms with Crippen molar-refractivity contribution in [2.75, 3.05) is 32.6 Å². The standard InChI is InChI=1S/C15H24NO3P/c1-14(17)16(11-7-13-20(2,3)18)19-12-10-15-8-5-4-6-9-15/h4-6,8-9H,7,10-13H2,1-3H3. The molecule has 1 amide bonds. The lowest BCUT2D eigenvalue weighted by atomic mass is 10.2. The first-order chi connectivity index (χ1) is 9.38. The lowest BCUT2D eigenvalue weighted by Gasteiger charge is -2.20. The van der Waals surface area contributed by atoms with E-state index in [0.29, 0.717) is 25.7 Å². The molecular formula is C15H24NO3P. The van der Waals surface area contributed by atoms with E-state index in [2.05, 4.69) is 0 Å². The van der Waals surface area contributed by atoms with Crippen molar-refractivity contribution in [1.82, 2.24) is 5.06 Å². The zero-order valence-electron chi connectivity index (χ0n) is 12.5. The van der Waals surface area contributed by atoms with Gasteiger partial charge in [0.15, 0.2) is 0 Å². The molecular weight excluding hydrogens is 273 g/mol. The maximum atomic E-state index is 11.6. The number of carbonyl (C=O) groups excluding carboxylic acids is 1. The fraction of sp³-hybridized carbons (Fsp3) is 0.533. The molecule has 0 fully saturated rings. The highest BCUT2D eigenvalue weighted by molar-refractivity contribution is 7.62. The van der Waals surface area contributed by atoms with E-state index >= 15 is 0 Å². The van der Waals surface area contributed by atoms with Crippen LogP contribution in [0.1, 0.15) is 18.9 Å². The summed E-state index contributed by atoms with van der Waals surface area (Å²) in [5, 5.41) is 1.37. The number of benzene rings is 1. The summed E-state index contributed by atoms with van der Waals surface area (Å²) in [7, 11) is -2.02. The fourth-order valence-corrected chi connectivity index (χ4v) is 2.73. The number of carbonyl (C=O) groups is 1. The van der Waals surface area contributed by atoms with Crippen molar-refractivity contribution in [1.29, 1.82) is 0 Å². The van der Waals surface area contributed by atoms with E-state index in [1.807, 2.05) is 30.3 Å². The zero-order valence-corrected chi connectivity index (χ0v) is 13.4. The van der Waals surface area contributed by atoms with Crippen molar-refractivity contribution in [2.45, 2.75) is 19.8 Å². The molecule has 0 atom stereocenters. The minimum atomic E-state index is -2.02. The molecule has 1 rings (SSSR count). The van der Waals surface area contributed by atoms with Gasteiger partial charge in [0.2, 0.25) is 5.91 Å². The Morgan fingerprint density at radius 2 is 1.90 bits per heavy atom. The number of hydroxylamine groups is 2. The van der Waals surface area contributed by atoms with Gasteiger partial charge in [-0.1, -0.05) is 30.3 Å². The second-order valence-electron chi connectivity index (χ2n) is 5.34. The van der Waals surface area contributed by atoms with Gasteiger partial charge in [0.25, 0.3) is 0 Å². The molecule has 112 valence electrons. The second kappa shape index (κ2) is 8.23. The zero-order chi connectivity index (χ0) is 15.0. The molecule has 20 heavy (non-hydrogen) atoms. The van der Waals surface area contributed by atoms with Crippen LogP contribution in [-0.4, -0.2) is 43.6 Å². The smallest absolute Gasteiger partial charge is 0.242 e. The molecule has 0 bridgehead atoms. The van der Waals surface area contributed by atoms with Gasteiger partial charge in [-0.25, -0.2) is 5.06 Å². The van der Waals surface area contributed by atoms with E-state index in [1.54, 1.807) is 13.3 Å². The van der Waals surface area contributed by atoms with Crippen LogP contribution in [0.15, 0.2) is 30.3 Å². The summed E-state index contributed by atoms with van der Waals surface area (Å²) >= 11 is 0. The molecule has 0 aliphatic carbocycles. The van der Waals surface area contributed by atoms with Crippen molar-refractivity contribution < 1.29 is 14.2 Å². The molecule has 5 heteroatoms. The van der Waals surface area contributed by atoms with E-state index in [4.69, 9.17) is 4.84 Å². The van der Waals surface area contributed by atoms with Gasteiger partial charge in [-0.2, -0.15) is 0 Å². The summed E-state index contributed by atoms with van der Waals surface area (Å²) in [6.07, 6.45) is 2.11. The van der Waals surface area contributed by atoms with Crippen LogP contribution in [0.4, 0.5) is 0 Å². The van der Waals surface area contributed by atoms with Gasteiger partial charge >= 0.3 is 0 Å². The Hall–Kier alpha value is -1.12. The molecule has 0 unspecified atom stereocenters. The Balaban J connectivity index is 2.32. The molecule has 0 aromatic heterocycles. The third-order valence-electron chi connectivity index (χ3n) is 2.89. The Kier molecular flexibility index (Phi) is 6.97. The average Bonchev–Trinajstić information content (AvgIpc) is 2.36. The molecule has 0 radical (unpaired) electrons. The minimum absolute atomic E-state index is 0.111. The predicted octanol–water partition coefficient (Wildman–Crippen LogP) is 3.02. The summed E-state index contributed by atoms with van der Waals surface area (Å²) in [6.45, 7) is 5.98. The number of rotatable bonds is 8. The Morgan fingerprint density at radius 3 is 2.45 bits per heavy atom. The van der Waals surface area contributed by atoms with Crippen molar-refractivity contribution >= 4 is 13.0 Å². The van der Waals surface area contributed by atoms with Gasteiger partial charge in [-0.15, -0.1) is 0 Å². The highest BCUT2D eigenvalue weighted by atomic mass is 31.2. The Morgan fingerprint density at radius 1 is 1.25 bits per heavy atom. The van der Waals surface area contributed by atoms with Crippen LogP contribution >= 0.6 is 7.14 Å². The predicted molar refractivity (Wildman–Crippen MR) is 82.4 cm³/mol. The van der Waals surface area contributed by atoms with Gasteiger partial charge in [0.05, 0.1) is 13.7 Å². The largest absolute Gasteiger partial charge is 0.324 e. The van der Waals surface area contributed by atoms with Gasteiger partial charge < -0.3 is 4.57 Å². The van der Waals surface area contributed by atoms with Crippen LogP contribution in [0, 0.1) is 0 Å². The van der Waals surface area contributed by atoms with E-state index < -0.39 is 7.14 Å². The van der Waals surface area contributed by atoms with Crippen LogP contribution in [0.25, 0.3) is 0 Å². The monoisotopic (exact) mass is 297 g/mol. The first-order valence-electron chi connectivity index (χ1n) is 6.87. The summed E-state index contributed by atoms with van der Waals surface area (Å²) in [6, 6.07) is 10.0. The van der Waals surface area contributed by atoms with E-state index in [-0.39, 0.29) is 5.91 Å². The number of hydrogen-bond donors (Lipinski definition) is 0. The molecule has 0 spiro atoms. The Bertz CT molecular complexity index is 455. The van der Waals surface area contributed by atoms with E-state index in [1.165, 1.54) is 17.6 Å². The lowest BCUT2D eigenvalue weighted by Crippen LogP contribution is -2.31. The molecule has 0 saturated heterocycles.